The second-order valence-electron chi connectivity index (χ2n) is 12.8. The lowest BCUT2D eigenvalue weighted by molar-refractivity contribution is -0.217. The van der Waals surface area contributed by atoms with Gasteiger partial charge in [-0.3, -0.25) is 4.90 Å². The van der Waals surface area contributed by atoms with E-state index in [4.69, 9.17) is 18.9 Å². The smallest absolute Gasteiger partial charge is 0.166 e. The van der Waals surface area contributed by atoms with Gasteiger partial charge in [-0.2, -0.15) is 0 Å². The third-order valence-electron chi connectivity index (χ3n) is 10.6. The largest absolute Gasteiger partial charge is 0.497 e. The van der Waals surface area contributed by atoms with Crippen molar-refractivity contribution in [1.82, 2.24) is 4.90 Å². The Labute approximate surface area is 242 Å². The van der Waals surface area contributed by atoms with Crippen LogP contribution in [0.5, 0.6) is 17.2 Å². The Morgan fingerprint density at radius 2 is 1.73 bits per heavy atom. The summed E-state index contributed by atoms with van der Waals surface area (Å²) in [5, 5.41) is 12.8. The van der Waals surface area contributed by atoms with Crippen LogP contribution in [0.2, 0.25) is 0 Å². The summed E-state index contributed by atoms with van der Waals surface area (Å²) in [6.45, 7) is 3.07. The first-order valence-corrected chi connectivity index (χ1v) is 15.3. The molecule has 8 rings (SSSR count). The van der Waals surface area contributed by atoms with Gasteiger partial charge < -0.3 is 24.1 Å². The Kier molecular flexibility index (Phi) is 6.10. The van der Waals surface area contributed by atoms with Crippen molar-refractivity contribution in [3.63, 3.8) is 0 Å². The molecule has 1 N–H and O–H groups in total. The predicted octanol–water partition coefficient (Wildman–Crippen LogP) is 5.42. The van der Waals surface area contributed by atoms with Crippen molar-refractivity contribution in [2.45, 2.75) is 81.0 Å². The zero-order valence-corrected chi connectivity index (χ0v) is 23.8. The predicted molar refractivity (Wildman–Crippen MR) is 155 cm³/mol. The maximum Gasteiger partial charge on any atom is 0.166 e. The SMILES string of the molecule is COc1ccc(COC2CC[C@@]3(O)[C@H]4Cc5ccc(OCc6ccccc6)c6c5[C@@]3(CCN4CC3CC3)C2O6)cc1. The van der Waals surface area contributed by atoms with Crippen molar-refractivity contribution >= 4 is 0 Å². The lowest BCUT2D eigenvalue weighted by Gasteiger charge is -2.64. The van der Waals surface area contributed by atoms with E-state index in [1.807, 2.05) is 30.3 Å². The highest BCUT2D eigenvalue weighted by molar-refractivity contribution is 5.63. The zero-order valence-electron chi connectivity index (χ0n) is 23.8. The van der Waals surface area contributed by atoms with Gasteiger partial charge in [-0.15, -0.1) is 0 Å². The summed E-state index contributed by atoms with van der Waals surface area (Å²) in [6.07, 6.45) is 5.51. The fourth-order valence-corrected chi connectivity index (χ4v) is 8.37. The number of hydrogen-bond donors (Lipinski definition) is 1. The number of ether oxygens (including phenoxy) is 4. The monoisotopic (exact) mass is 553 g/mol. The maximum absolute atomic E-state index is 12.8. The first-order chi connectivity index (χ1) is 20.1. The molecule has 214 valence electrons. The molecule has 3 aromatic rings. The molecule has 6 nitrogen and oxygen atoms in total. The van der Waals surface area contributed by atoms with Crippen LogP contribution in [-0.2, 0) is 29.8 Å². The Bertz CT molecular complexity index is 1420. The molecule has 0 radical (unpaired) electrons. The van der Waals surface area contributed by atoms with Crippen LogP contribution < -0.4 is 14.2 Å². The van der Waals surface area contributed by atoms with E-state index in [2.05, 4.69) is 41.3 Å². The van der Waals surface area contributed by atoms with E-state index in [0.717, 1.165) is 73.1 Å². The highest BCUT2D eigenvalue weighted by Crippen LogP contribution is 2.66. The van der Waals surface area contributed by atoms with E-state index in [1.165, 1.54) is 24.0 Å². The van der Waals surface area contributed by atoms with Crippen LogP contribution >= 0.6 is 0 Å². The fourth-order valence-electron chi connectivity index (χ4n) is 8.37. The van der Waals surface area contributed by atoms with Gasteiger partial charge in [0.05, 0.1) is 30.8 Å². The van der Waals surface area contributed by atoms with E-state index in [1.54, 1.807) is 7.11 Å². The molecule has 3 aliphatic carbocycles. The van der Waals surface area contributed by atoms with E-state index in [-0.39, 0.29) is 18.2 Å². The van der Waals surface area contributed by atoms with Crippen molar-refractivity contribution in [1.29, 1.82) is 0 Å². The normalized spacial score (nSPS) is 31.3. The minimum atomic E-state index is -0.846. The first-order valence-electron chi connectivity index (χ1n) is 15.3. The van der Waals surface area contributed by atoms with Crippen molar-refractivity contribution in [2.75, 3.05) is 20.2 Å². The van der Waals surface area contributed by atoms with Crippen LogP contribution in [0.25, 0.3) is 0 Å². The Hall–Kier alpha value is -3.06. The Balaban J connectivity index is 1.15. The van der Waals surface area contributed by atoms with Crippen molar-refractivity contribution in [3.05, 3.63) is 89.0 Å². The van der Waals surface area contributed by atoms with E-state index in [9.17, 15) is 5.11 Å². The molecule has 2 saturated carbocycles. The average molecular weight is 554 g/mol. The number of aliphatic hydroxyl groups is 1. The van der Waals surface area contributed by atoms with Crippen LogP contribution in [0.4, 0.5) is 0 Å². The third-order valence-corrected chi connectivity index (χ3v) is 10.6. The van der Waals surface area contributed by atoms with Crippen LogP contribution in [0.1, 0.15) is 54.4 Å². The van der Waals surface area contributed by atoms with Crippen molar-refractivity contribution < 1.29 is 24.1 Å². The van der Waals surface area contributed by atoms with Crippen LogP contribution in [0, 0.1) is 5.92 Å². The number of methoxy groups -OCH3 is 1. The average Bonchev–Trinajstić information content (AvgIpc) is 3.75. The van der Waals surface area contributed by atoms with Gasteiger partial charge in [0.15, 0.2) is 11.5 Å². The number of likely N-dealkylation sites (tertiary alicyclic amines) is 1. The van der Waals surface area contributed by atoms with Crippen LogP contribution in [0.3, 0.4) is 0 Å². The Morgan fingerprint density at radius 1 is 0.927 bits per heavy atom. The van der Waals surface area contributed by atoms with Gasteiger partial charge in [0.1, 0.15) is 18.5 Å². The number of benzene rings is 3. The lowest BCUT2D eigenvalue weighted by Crippen LogP contribution is -2.77. The summed E-state index contributed by atoms with van der Waals surface area (Å²) >= 11 is 0. The van der Waals surface area contributed by atoms with Gasteiger partial charge in [-0.25, -0.2) is 0 Å². The van der Waals surface area contributed by atoms with E-state index in [0.29, 0.717) is 13.2 Å². The molecule has 0 aromatic heterocycles. The molecule has 6 heteroatoms. The van der Waals surface area contributed by atoms with Crippen molar-refractivity contribution in [2.24, 2.45) is 5.92 Å². The molecule has 41 heavy (non-hydrogen) atoms. The summed E-state index contributed by atoms with van der Waals surface area (Å²) < 4.78 is 25.4. The van der Waals surface area contributed by atoms with Gasteiger partial charge in [0, 0.05) is 18.2 Å². The topological polar surface area (TPSA) is 60.4 Å². The highest BCUT2D eigenvalue weighted by Gasteiger charge is 2.73. The first kappa shape index (κ1) is 25.6. The molecule has 3 aromatic carbocycles. The quantitative estimate of drug-likeness (QED) is 0.382. The molecule has 1 spiro atoms. The molecule has 0 amide bonds. The fraction of sp³-hybridized carbons (Fsp3) is 0.486. The number of nitrogens with zero attached hydrogens (tertiary/aromatic N) is 1. The second-order valence-corrected chi connectivity index (χ2v) is 12.8. The van der Waals surface area contributed by atoms with Gasteiger partial charge in [-0.05, 0) is 85.9 Å². The van der Waals surface area contributed by atoms with Gasteiger partial charge in [0.2, 0.25) is 0 Å². The molecule has 5 atom stereocenters. The number of hydrogen-bond acceptors (Lipinski definition) is 6. The van der Waals surface area contributed by atoms with E-state index < -0.39 is 11.0 Å². The maximum atomic E-state index is 12.8. The molecular formula is C35H39NO5. The Morgan fingerprint density at radius 3 is 2.51 bits per heavy atom. The van der Waals surface area contributed by atoms with Gasteiger partial charge >= 0.3 is 0 Å². The molecule has 3 fully saturated rings. The summed E-state index contributed by atoms with van der Waals surface area (Å²) in [6, 6.07) is 22.8. The third kappa shape index (κ3) is 4.02. The summed E-state index contributed by atoms with van der Waals surface area (Å²) in [4.78, 5) is 2.61. The number of rotatable bonds is 9. The summed E-state index contributed by atoms with van der Waals surface area (Å²) in [5.74, 6) is 3.23. The van der Waals surface area contributed by atoms with Crippen molar-refractivity contribution in [3.8, 4) is 17.2 Å². The van der Waals surface area contributed by atoms with Crippen LogP contribution in [-0.4, -0.2) is 54.1 Å². The second kappa shape index (κ2) is 9.75. The molecule has 1 saturated heterocycles. The lowest BCUT2D eigenvalue weighted by atomic mass is 9.48. The molecule has 2 heterocycles. The van der Waals surface area contributed by atoms with E-state index >= 15 is 0 Å². The highest BCUT2D eigenvalue weighted by atomic mass is 16.6. The minimum absolute atomic E-state index is 0.111. The van der Waals surface area contributed by atoms with Gasteiger partial charge in [-0.1, -0.05) is 48.5 Å². The summed E-state index contributed by atoms with van der Waals surface area (Å²) in [7, 11) is 1.68. The molecule has 2 bridgehead atoms. The standard InChI is InChI=1S/C35H39NO5/c1-38-27-12-9-25(10-13-27)22-40-29-15-16-35(37)30-19-26-11-14-28(39-21-24-5-3-2-4-6-24)32-31(26)34(35,33(29)41-32)17-18-36(30)20-23-7-8-23/h2-6,9-14,23,29-30,33,37H,7-8,15-22H2,1H3/t29?,30-,33?,34+,35-/m1/s1. The summed E-state index contributed by atoms with van der Waals surface area (Å²) in [5.41, 5.74) is 3.39. The molecule has 2 unspecified atom stereocenters. The number of piperidine rings is 1. The minimum Gasteiger partial charge on any atom is -0.497 e. The molecular weight excluding hydrogens is 514 g/mol. The van der Waals surface area contributed by atoms with Gasteiger partial charge in [0.25, 0.3) is 0 Å². The molecule has 5 aliphatic rings. The molecule has 2 aliphatic heterocycles. The van der Waals surface area contributed by atoms with Crippen LogP contribution in [0.15, 0.2) is 66.7 Å². The zero-order chi connectivity index (χ0) is 27.6.